The number of para-hydroxylation sites is 1. The summed E-state index contributed by atoms with van der Waals surface area (Å²) in [5.74, 6) is 4.34. The summed E-state index contributed by atoms with van der Waals surface area (Å²) in [6, 6.07) is 8.28. The number of thiophene rings is 1. The van der Waals surface area contributed by atoms with Crippen molar-refractivity contribution in [1.82, 2.24) is 5.32 Å². The molecule has 4 N–H and O–H groups in total. The Hall–Kier alpha value is -1.92. The number of hydrazine groups is 1. The summed E-state index contributed by atoms with van der Waals surface area (Å²) >= 11 is 1.65. The summed E-state index contributed by atoms with van der Waals surface area (Å²) in [5, 5.41) is 2.76. The van der Waals surface area contributed by atoms with Crippen molar-refractivity contribution in [2.24, 2.45) is 5.84 Å². The molecule has 0 aliphatic carbocycles. The van der Waals surface area contributed by atoms with Crippen molar-refractivity contribution in [3.63, 3.8) is 0 Å². The van der Waals surface area contributed by atoms with E-state index in [1.165, 1.54) is 23.1 Å². The summed E-state index contributed by atoms with van der Waals surface area (Å²) in [6.45, 7) is 2.50. The van der Waals surface area contributed by atoms with E-state index in [-0.39, 0.29) is 17.2 Å². The van der Waals surface area contributed by atoms with Crippen molar-refractivity contribution in [2.45, 2.75) is 19.9 Å². The molecule has 0 aliphatic heterocycles. The topological polar surface area (TPSA) is 67.2 Å². The highest BCUT2D eigenvalue weighted by Gasteiger charge is 2.14. The van der Waals surface area contributed by atoms with E-state index >= 15 is 0 Å². The van der Waals surface area contributed by atoms with Gasteiger partial charge in [0.15, 0.2) is 0 Å². The Bertz CT molecular complexity index is 612. The number of hydrogen-bond acceptors (Lipinski definition) is 4. The predicted molar refractivity (Wildman–Crippen MR) is 79.1 cm³/mol. The highest BCUT2D eigenvalue weighted by molar-refractivity contribution is 7.11. The number of hydrogen-bond donors (Lipinski definition) is 3. The molecule has 0 fully saturated rings. The van der Waals surface area contributed by atoms with Gasteiger partial charge in [-0.25, -0.2) is 4.39 Å². The number of aryl methyl sites for hydroxylation is 1. The molecule has 0 bridgehead atoms. The molecular weight excluding hydrogens is 277 g/mol. The molecule has 0 aliphatic rings. The van der Waals surface area contributed by atoms with Crippen LogP contribution < -0.4 is 16.6 Å². The van der Waals surface area contributed by atoms with Gasteiger partial charge in [0, 0.05) is 9.75 Å². The lowest BCUT2D eigenvalue weighted by atomic mass is 10.1. The number of benzene rings is 1. The third-order valence-corrected chi connectivity index (χ3v) is 4.12. The fraction of sp³-hybridized carbons (Fsp3) is 0.214. The van der Waals surface area contributed by atoms with Crippen molar-refractivity contribution in [1.29, 1.82) is 0 Å². The van der Waals surface area contributed by atoms with E-state index in [9.17, 15) is 9.18 Å². The van der Waals surface area contributed by atoms with E-state index in [0.29, 0.717) is 6.54 Å². The number of carbonyl (C=O) groups excluding carboxylic acids is 1. The van der Waals surface area contributed by atoms with Gasteiger partial charge in [-0.1, -0.05) is 13.0 Å². The number of rotatable bonds is 5. The number of nitrogens with one attached hydrogen (secondary N) is 2. The molecule has 0 saturated heterocycles. The fourth-order valence-electron chi connectivity index (χ4n) is 1.83. The van der Waals surface area contributed by atoms with Crippen molar-refractivity contribution < 1.29 is 9.18 Å². The maximum Gasteiger partial charge on any atom is 0.253 e. The quantitative estimate of drug-likeness (QED) is 0.586. The van der Waals surface area contributed by atoms with Crippen molar-refractivity contribution in [2.75, 3.05) is 5.43 Å². The fourth-order valence-corrected chi connectivity index (χ4v) is 2.73. The van der Waals surface area contributed by atoms with Crippen molar-refractivity contribution in [3.05, 3.63) is 51.5 Å². The average Bonchev–Trinajstić information content (AvgIpc) is 2.92. The van der Waals surface area contributed by atoms with Crippen LogP contribution in [0.5, 0.6) is 0 Å². The molecule has 2 aromatic rings. The Balaban J connectivity index is 2.07. The predicted octanol–water partition coefficient (Wildman–Crippen LogP) is 2.67. The highest BCUT2D eigenvalue weighted by atomic mass is 32.1. The van der Waals surface area contributed by atoms with Crippen LogP contribution in [-0.2, 0) is 13.0 Å². The van der Waals surface area contributed by atoms with Gasteiger partial charge in [0.1, 0.15) is 5.82 Å². The van der Waals surface area contributed by atoms with Crippen LogP contribution in [0.3, 0.4) is 0 Å². The molecule has 106 valence electrons. The van der Waals surface area contributed by atoms with Gasteiger partial charge >= 0.3 is 0 Å². The third-order valence-electron chi connectivity index (χ3n) is 2.89. The maximum absolute atomic E-state index is 13.5. The molecule has 20 heavy (non-hydrogen) atoms. The molecule has 0 spiro atoms. The lowest BCUT2D eigenvalue weighted by Gasteiger charge is -2.09. The van der Waals surface area contributed by atoms with E-state index in [4.69, 9.17) is 5.84 Å². The van der Waals surface area contributed by atoms with Gasteiger partial charge in [0.2, 0.25) is 0 Å². The first-order valence-corrected chi connectivity index (χ1v) is 7.08. The van der Waals surface area contributed by atoms with Crippen LogP contribution in [0.25, 0.3) is 0 Å². The lowest BCUT2D eigenvalue weighted by molar-refractivity contribution is 0.0951. The number of nitrogen functional groups attached to an aromatic ring is 1. The largest absolute Gasteiger partial charge is 0.347 e. The van der Waals surface area contributed by atoms with Crippen LogP contribution in [0.15, 0.2) is 30.3 Å². The first-order chi connectivity index (χ1) is 9.65. The van der Waals surface area contributed by atoms with Gasteiger partial charge in [-0.3, -0.25) is 10.6 Å². The molecule has 1 aromatic heterocycles. The Kier molecular flexibility index (Phi) is 4.70. The molecule has 4 nitrogen and oxygen atoms in total. The van der Waals surface area contributed by atoms with E-state index < -0.39 is 5.82 Å². The normalized spacial score (nSPS) is 10.3. The second-order valence-electron chi connectivity index (χ2n) is 4.21. The molecule has 1 aromatic carbocycles. The number of amides is 1. The summed E-state index contributed by atoms with van der Waals surface area (Å²) in [7, 11) is 0. The third kappa shape index (κ3) is 3.15. The lowest BCUT2D eigenvalue weighted by Crippen LogP contribution is -2.25. The molecule has 2 rings (SSSR count). The van der Waals surface area contributed by atoms with E-state index in [1.807, 2.05) is 12.1 Å². The Morgan fingerprint density at radius 1 is 1.30 bits per heavy atom. The Morgan fingerprint density at radius 2 is 2.05 bits per heavy atom. The van der Waals surface area contributed by atoms with E-state index in [2.05, 4.69) is 17.7 Å². The molecule has 0 saturated carbocycles. The first-order valence-electron chi connectivity index (χ1n) is 6.26. The maximum atomic E-state index is 13.5. The van der Waals surface area contributed by atoms with Crippen LogP contribution in [0.1, 0.15) is 27.0 Å². The molecule has 0 atom stereocenters. The zero-order valence-corrected chi connectivity index (χ0v) is 11.9. The minimum absolute atomic E-state index is 0.00502. The van der Waals surface area contributed by atoms with Crippen LogP contribution in [-0.4, -0.2) is 5.91 Å². The minimum Gasteiger partial charge on any atom is -0.347 e. The minimum atomic E-state index is -0.551. The van der Waals surface area contributed by atoms with Crippen LogP contribution >= 0.6 is 11.3 Å². The number of halogens is 1. The Labute approximate surface area is 120 Å². The molecule has 0 unspecified atom stereocenters. The van der Waals surface area contributed by atoms with Gasteiger partial charge in [0.05, 0.1) is 17.8 Å². The second kappa shape index (κ2) is 6.49. The molecule has 1 amide bonds. The zero-order valence-electron chi connectivity index (χ0n) is 11.1. The smallest absolute Gasteiger partial charge is 0.253 e. The number of carbonyl (C=O) groups is 1. The van der Waals surface area contributed by atoms with Crippen molar-refractivity contribution >= 4 is 22.9 Å². The van der Waals surface area contributed by atoms with E-state index in [1.54, 1.807) is 11.3 Å². The zero-order chi connectivity index (χ0) is 14.5. The van der Waals surface area contributed by atoms with Gasteiger partial charge in [-0.2, -0.15) is 0 Å². The second-order valence-corrected chi connectivity index (χ2v) is 5.46. The molecule has 1 heterocycles. The Morgan fingerprint density at radius 3 is 2.70 bits per heavy atom. The molecule has 0 radical (unpaired) electrons. The molecular formula is C14H16FN3OS. The average molecular weight is 293 g/mol. The standard InChI is InChI=1S/C14H16FN3OS/c1-2-9-6-7-10(20-9)8-17-14(19)11-4-3-5-12(15)13(11)18-16/h3-7,18H,2,8,16H2,1H3,(H,17,19). The van der Waals surface area contributed by atoms with Crippen LogP contribution in [0, 0.1) is 5.82 Å². The summed E-state index contributed by atoms with van der Waals surface area (Å²) in [4.78, 5) is 14.4. The number of nitrogens with two attached hydrogens (primary N) is 1. The monoisotopic (exact) mass is 293 g/mol. The van der Waals surface area contributed by atoms with Gasteiger partial charge in [0.25, 0.3) is 5.91 Å². The highest BCUT2D eigenvalue weighted by Crippen LogP contribution is 2.20. The van der Waals surface area contributed by atoms with Crippen molar-refractivity contribution in [3.8, 4) is 0 Å². The van der Waals surface area contributed by atoms with Gasteiger partial charge in [-0.15, -0.1) is 11.3 Å². The summed E-state index contributed by atoms with van der Waals surface area (Å²) < 4.78 is 13.5. The van der Waals surface area contributed by atoms with Gasteiger partial charge in [-0.05, 0) is 30.7 Å². The van der Waals surface area contributed by atoms with Gasteiger partial charge < -0.3 is 10.7 Å². The van der Waals surface area contributed by atoms with E-state index in [0.717, 1.165) is 11.3 Å². The SMILES string of the molecule is CCc1ccc(CNC(=O)c2cccc(F)c2NN)s1. The first kappa shape index (κ1) is 14.5. The molecule has 6 heteroatoms. The van der Waals surface area contributed by atoms with Crippen LogP contribution in [0.2, 0.25) is 0 Å². The summed E-state index contributed by atoms with van der Waals surface area (Å²) in [6.07, 6.45) is 0.976. The van der Waals surface area contributed by atoms with Crippen LogP contribution in [0.4, 0.5) is 10.1 Å². The number of anilines is 1. The summed E-state index contributed by atoms with van der Waals surface area (Å²) in [5.41, 5.74) is 2.42.